The molecule has 0 aliphatic carbocycles. The number of hydrogen-bond donors (Lipinski definition) is 0. The van der Waals surface area contributed by atoms with Crippen molar-refractivity contribution in [1.82, 2.24) is 67.7 Å². The van der Waals surface area contributed by atoms with Crippen molar-refractivity contribution in [3.05, 3.63) is 480 Å². The molecule has 0 fully saturated rings. The van der Waals surface area contributed by atoms with Gasteiger partial charge in [0.15, 0.2) is 11.6 Å². The fourth-order valence-electron chi connectivity index (χ4n) is 17.1. The first-order valence-electron chi connectivity index (χ1n) is 43.0. The largest absolute Gasteiger partial charge is 0.292 e. The van der Waals surface area contributed by atoms with E-state index >= 15 is 0 Å². The molecule has 0 N–H and O–H groups in total. The van der Waals surface area contributed by atoms with Gasteiger partial charge in [0.05, 0.1) is 94.3 Å². The van der Waals surface area contributed by atoms with Crippen LogP contribution >= 0.6 is 0 Å². The smallest absolute Gasteiger partial charge is 0.266 e. The summed E-state index contributed by atoms with van der Waals surface area (Å²) in [6.45, 7) is 0. The average Bonchev–Trinajstić information content (AvgIpc) is 1.75. The van der Waals surface area contributed by atoms with Crippen LogP contribution in [-0.2, 0) is 0 Å². The Kier molecular flexibility index (Phi) is 20.7. The Morgan fingerprint density at radius 1 is 0.153 bits per heavy atom. The lowest BCUT2D eigenvalue weighted by atomic mass is 10.0. The van der Waals surface area contributed by atoms with Gasteiger partial charge in [0, 0.05) is 72.2 Å². The molecule has 7 aromatic heterocycles. The Balaban J connectivity index is 0.000000118. The highest BCUT2D eigenvalue weighted by Crippen LogP contribution is 2.38. The summed E-state index contributed by atoms with van der Waals surface area (Å²) in [5.74, 6) is 4.60. The number of para-hydroxylation sites is 10. The van der Waals surface area contributed by atoms with Crippen LogP contribution in [0.15, 0.2) is 463 Å². The molecular weight excluding hydrogens is 1610 g/mol. The molecule has 24 aromatic rings. The summed E-state index contributed by atoms with van der Waals surface area (Å²) in [4.78, 5) is 87.0. The van der Waals surface area contributed by atoms with Gasteiger partial charge >= 0.3 is 0 Å². The number of imidazole rings is 2. The second-order valence-corrected chi connectivity index (χ2v) is 31.5. The van der Waals surface area contributed by atoms with Gasteiger partial charge in [-0.05, 0) is 152 Å². The van der Waals surface area contributed by atoms with E-state index in [1.807, 2.05) is 370 Å². The highest BCUT2D eigenvalue weighted by atomic mass is 16.1. The Morgan fingerprint density at radius 3 is 0.802 bits per heavy atom. The molecule has 0 aliphatic heterocycles. The molecule has 17 nitrogen and oxygen atoms in total. The molecule has 0 saturated carbocycles. The number of benzene rings is 17. The monoisotopic (exact) mass is 1690 g/mol. The van der Waals surface area contributed by atoms with Crippen molar-refractivity contribution in [2.45, 2.75) is 0 Å². The van der Waals surface area contributed by atoms with Crippen LogP contribution in [0.25, 0.3) is 207 Å². The second kappa shape index (κ2) is 34.4. The molecule has 0 spiro atoms. The molecule has 24 rings (SSSR count). The molecule has 17 aromatic carbocycles. The molecule has 0 atom stereocenters. The van der Waals surface area contributed by atoms with Gasteiger partial charge in [-0.25, -0.2) is 44.9 Å². The lowest BCUT2D eigenvalue weighted by molar-refractivity contribution is 0.973. The van der Waals surface area contributed by atoms with Gasteiger partial charge in [-0.1, -0.05) is 297 Å². The van der Waals surface area contributed by atoms with E-state index in [-0.39, 0.29) is 16.7 Å². The third-order valence-electron chi connectivity index (χ3n) is 23.4. The summed E-state index contributed by atoms with van der Waals surface area (Å²) in [6, 6.07) is 147. The van der Waals surface area contributed by atoms with E-state index < -0.39 is 0 Å². The second-order valence-electron chi connectivity index (χ2n) is 31.5. The number of hydrogen-bond acceptors (Lipinski definition) is 12. The van der Waals surface area contributed by atoms with E-state index in [1.54, 1.807) is 13.7 Å². The molecule has 131 heavy (non-hydrogen) atoms. The van der Waals surface area contributed by atoms with Crippen LogP contribution in [0, 0.1) is 0 Å². The maximum absolute atomic E-state index is 14.6. The Labute approximate surface area is 750 Å². The Morgan fingerprint density at radius 2 is 0.397 bits per heavy atom. The van der Waals surface area contributed by atoms with E-state index in [0.29, 0.717) is 67.5 Å². The van der Waals surface area contributed by atoms with Crippen LogP contribution in [0.3, 0.4) is 0 Å². The van der Waals surface area contributed by atoms with Crippen LogP contribution in [0.5, 0.6) is 0 Å². The summed E-state index contributed by atoms with van der Waals surface area (Å²) in [5, 5.41) is 3.64. The van der Waals surface area contributed by atoms with Gasteiger partial charge in [-0.15, -0.1) is 0 Å². The lowest BCUT2D eigenvalue weighted by Crippen LogP contribution is -2.22. The highest BCUT2D eigenvalue weighted by Gasteiger charge is 2.24. The molecule has 0 amide bonds. The number of fused-ring (bicyclic) bond motifs is 7. The summed E-state index contributed by atoms with van der Waals surface area (Å²) in [6.07, 6.45) is 0. The molecule has 0 aliphatic rings. The molecule has 0 radical (unpaired) electrons. The predicted octanol–water partition coefficient (Wildman–Crippen LogP) is 24.7. The van der Waals surface area contributed by atoms with Gasteiger partial charge in [-0.3, -0.25) is 37.2 Å². The standard InChI is InChI=1S/C48H30N6O.2C33H22N4O/c55-48-39-25-9-12-28-42(39)51-47(35-21-13-19-33(29-35)45-49-40-26-10-7-23-37(40)43(52-45)31-15-3-1-4-16-31)54(48)36-22-14-20-34(30-36)46-50-41-27-11-8-24-38(41)44(53-46)32-17-5-2-6-18-32;38-33-27-15-7-8-16-28(27)34-32(37(33)25-13-5-2-6-14-25)24-19-21-26(22-20-24)36-30-18-10-9-17-29(30)35-31(36)23-11-3-1-4-12-23;38-33-27-15-7-8-16-28(27)34-32(24-13-5-2-6-14-24)37(33)26-21-19-25(20-22-26)36-30-18-10-9-17-29(30)35-31(36)23-11-3-1-4-12-23/h1-30H;2*1-22H. The maximum atomic E-state index is 14.6. The van der Waals surface area contributed by atoms with Crippen molar-refractivity contribution < 1.29 is 0 Å². The van der Waals surface area contributed by atoms with Crippen molar-refractivity contribution >= 4 is 76.6 Å². The van der Waals surface area contributed by atoms with Gasteiger partial charge < -0.3 is 0 Å². The summed E-state index contributed by atoms with van der Waals surface area (Å²) >= 11 is 0. The summed E-state index contributed by atoms with van der Waals surface area (Å²) in [5.41, 5.74) is 21.2. The van der Waals surface area contributed by atoms with Crippen LogP contribution in [-0.4, -0.2) is 67.7 Å². The van der Waals surface area contributed by atoms with Crippen LogP contribution in [0.2, 0.25) is 0 Å². The normalized spacial score (nSPS) is 11.3. The molecule has 0 saturated heterocycles. The van der Waals surface area contributed by atoms with Crippen LogP contribution < -0.4 is 16.7 Å². The minimum atomic E-state index is -0.180. The zero-order valence-electron chi connectivity index (χ0n) is 70.2. The van der Waals surface area contributed by atoms with Crippen LogP contribution in [0.1, 0.15) is 0 Å². The third kappa shape index (κ3) is 15.1. The Hall–Kier alpha value is -18.2. The third-order valence-corrected chi connectivity index (χ3v) is 23.4. The maximum Gasteiger partial charge on any atom is 0.266 e. The van der Waals surface area contributed by atoms with Crippen molar-refractivity contribution in [2.75, 3.05) is 0 Å². The first kappa shape index (κ1) is 78.7. The minimum Gasteiger partial charge on any atom is -0.292 e. The van der Waals surface area contributed by atoms with Crippen molar-refractivity contribution in [2.24, 2.45) is 0 Å². The zero-order valence-corrected chi connectivity index (χ0v) is 70.2. The number of nitrogens with zero attached hydrogens (tertiary/aromatic N) is 14. The van der Waals surface area contributed by atoms with E-state index in [9.17, 15) is 14.4 Å². The van der Waals surface area contributed by atoms with Crippen molar-refractivity contribution in [1.29, 1.82) is 0 Å². The Bertz CT molecular complexity index is 8650. The van der Waals surface area contributed by atoms with Gasteiger partial charge in [0.1, 0.15) is 29.1 Å². The van der Waals surface area contributed by atoms with E-state index in [1.165, 1.54) is 0 Å². The highest BCUT2D eigenvalue weighted by molar-refractivity contribution is 5.96. The lowest BCUT2D eigenvalue weighted by Gasteiger charge is -2.16. The fraction of sp³-hybridized carbons (Fsp3) is 0. The van der Waals surface area contributed by atoms with Crippen LogP contribution in [0.4, 0.5) is 0 Å². The van der Waals surface area contributed by atoms with E-state index in [2.05, 4.69) is 88.0 Å². The molecule has 0 unspecified atom stereocenters. The molecule has 618 valence electrons. The number of aromatic nitrogens is 14. The average molecular weight is 1690 g/mol. The van der Waals surface area contributed by atoms with Gasteiger partial charge in [0.25, 0.3) is 16.7 Å². The van der Waals surface area contributed by atoms with E-state index in [4.69, 9.17) is 44.9 Å². The zero-order chi connectivity index (χ0) is 87.7. The quantitative estimate of drug-likeness (QED) is 0.100. The predicted molar refractivity (Wildman–Crippen MR) is 526 cm³/mol. The van der Waals surface area contributed by atoms with Crippen molar-refractivity contribution in [3.8, 4) is 131 Å². The number of rotatable bonds is 14. The topological polar surface area (TPSA) is 192 Å². The van der Waals surface area contributed by atoms with Gasteiger partial charge in [-0.2, -0.15) is 0 Å². The first-order chi connectivity index (χ1) is 64.7. The van der Waals surface area contributed by atoms with E-state index in [0.717, 1.165) is 140 Å². The minimum absolute atomic E-state index is 0.0900. The van der Waals surface area contributed by atoms with Crippen molar-refractivity contribution in [3.63, 3.8) is 0 Å². The van der Waals surface area contributed by atoms with Gasteiger partial charge in [0.2, 0.25) is 0 Å². The molecule has 0 bridgehead atoms. The summed E-state index contributed by atoms with van der Waals surface area (Å²) in [7, 11) is 0. The first-order valence-corrected chi connectivity index (χ1v) is 43.0. The molecule has 7 heterocycles. The molecule has 17 heteroatoms. The molecular formula is C114H74N14O3. The fourth-order valence-corrected chi connectivity index (χ4v) is 17.1. The summed E-state index contributed by atoms with van der Waals surface area (Å²) < 4.78 is 9.41. The SMILES string of the molecule is O=c1c2ccccc2nc(-c2ccc(-n3c(-c4ccccc4)nc4ccccc43)cc2)n1-c1ccccc1.O=c1c2ccccc2nc(-c2cccc(-c3nc(-c4ccccc4)c4ccccc4n3)c2)n1-c1cccc(-c2nc(-c3ccccc3)c3ccccc3n2)c1.O=c1c2ccccc2nc(-c2ccccc2)n1-c1ccc(-n2c(-c3ccccc3)nc3ccccc32)cc1.